The number of thiophene rings is 1. The Balaban J connectivity index is 1.76. The lowest BCUT2D eigenvalue weighted by atomic mass is 10.2. The van der Waals surface area contributed by atoms with Crippen LogP contribution in [-0.2, 0) is 13.0 Å². The van der Waals surface area contributed by atoms with Crippen LogP contribution in [0.3, 0.4) is 0 Å². The molecule has 0 radical (unpaired) electrons. The van der Waals surface area contributed by atoms with Crippen LogP contribution < -0.4 is 10.6 Å². The second-order valence-corrected chi connectivity index (χ2v) is 4.12. The zero-order valence-electron chi connectivity index (χ0n) is 9.06. The standard InChI is InChI=1S/C10H14N4OS/c1-11-6-9-13-14-10(15-9)12-4-2-8-3-5-16-7-8/h3,5,7,11H,2,4,6H2,1H3,(H,12,14). The zero-order valence-corrected chi connectivity index (χ0v) is 9.88. The molecule has 2 rings (SSSR count). The zero-order chi connectivity index (χ0) is 11.2. The van der Waals surface area contributed by atoms with E-state index in [1.165, 1.54) is 5.56 Å². The van der Waals surface area contributed by atoms with Crippen molar-refractivity contribution in [3.63, 3.8) is 0 Å². The smallest absolute Gasteiger partial charge is 0.315 e. The van der Waals surface area contributed by atoms with Gasteiger partial charge >= 0.3 is 6.01 Å². The Morgan fingerprint density at radius 1 is 1.44 bits per heavy atom. The number of rotatable bonds is 6. The summed E-state index contributed by atoms with van der Waals surface area (Å²) in [4.78, 5) is 0. The Bertz CT molecular complexity index is 412. The monoisotopic (exact) mass is 238 g/mol. The molecule has 86 valence electrons. The molecule has 2 aromatic heterocycles. The Morgan fingerprint density at radius 3 is 3.12 bits per heavy atom. The highest BCUT2D eigenvalue weighted by atomic mass is 32.1. The molecule has 16 heavy (non-hydrogen) atoms. The molecule has 2 aromatic rings. The van der Waals surface area contributed by atoms with Crippen molar-refractivity contribution in [2.75, 3.05) is 18.9 Å². The van der Waals surface area contributed by atoms with Crippen LogP contribution in [-0.4, -0.2) is 23.8 Å². The molecule has 0 saturated carbocycles. The Labute approximate surface area is 97.9 Å². The van der Waals surface area contributed by atoms with Crippen LogP contribution in [0.5, 0.6) is 0 Å². The molecule has 0 fully saturated rings. The molecular formula is C10H14N4OS. The molecule has 0 unspecified atom stereocenters. The maximum atomic E-state index is 5.35. The normalized spacial score (nSPS) is 10.6. The van der Waals surface area contributed by atoms with Crippen LogP contribution in [0, 0.1) is 0 Å². The van der Waals surface area contributed by atoms with Crippen molar-refractivity contribution in [3.8, 4) is 0 Å². The molecule has 0 aliphatic heterocycles. The fourth-order valence-electron chi connectivity index (χ4n) is 1.30. The summed E-state index contributed by atoms with van der Waals surface area (Å²) in [5, 5.41) is 18.0. The summed E-state index contributed by atoms with van der Waals surface area (Å²) in [5.41, 5.74) is 1.33. The van der Waals surface area contributed by atoms with E-state index in [1.807, 2.05) is 7.05 Å². The lowest BCUT2D eigenvalue weighted by Gasteiger charge is -1.98. The van der Waals surface area contributed by atoms with Crippen LogP contribution in [0.15, 0.2) is 21.2 Å². The van der Waals surface area contributed by atoms with Gasteiger partial charge in [0.25, 0.3) is 0 Å². The molecule has 0 bridgehead atoms. The van der Waals surface area contributed by atoms with E-state index in [9.17, 15) is 0 Å². The molecule has 0 amide bonds. The van der Waals surface area contributed by atoms with Gasteiger partial charge in [-0.2, -0.15) is 11.3 Å². The molecule has 0 aromatic carbocycles. The highest BCUT2D eigenvalue weighted by Crippen LogP contribution is 2.08. The van der Waals surface area contributed by atoms with Crippen LogP contribution in [0.4, 0.5) is 6.01 Å². The van der Waals surface area contributed by atoms with Crippen LogP contribution >= 0.6 is 11.3 Å². The largest absolute Gasteiger partial charge is 0.407 e. The maximum absolute atomic E-state index is 5.35. The summed E-state index contributed by atoms with van der Waals surface area (Å²) in [6, 6.07) is 2.60. The Hall–Kier alpha value is -1.40. The van der Waals surface area contributed by atoms with Crippen molar-refractivity contribution in [2.24, 2.45) is 0 Å². The lowest BCUT2D eigenvalue weighted by molar-refractivity contribution is 0.489. The van der Waals surface area contributed by atoms with Gasteiger partial charge in [-0.25, -0.2) is 0 Å². The maximum Gasteiger partial charge on any atom is 0.315 e. The average Bonchev–Trinajstić information content (AvgIpc) is 2.90. The Morgan fingerprint density at radius 2 is 2.38 bits per heavy atom. The van der Waals surface area contributed by atoms with E-state index in [0.29, 0.717) is 18.5 Å². The van der Waals surface area contributed by atoms with E-state index in [1.54, 1.807) is 11.3 Å². The van der Waals surface area contributed by atoms with Crippen molar-refractivity contribution < 1.29 is 4.42 Å². The molecule has 2 heterocycles. The van der Waals surface area contributed by atoms with Crippen LogP contribution in [0.1, 0.15) is 11.5 Å². The first-order valence-electron chi connectivity index (χ1n) is 5.10. The summed E-state index contributed by atoms with van der Waals surface area (Å²) < 4.78 is 5.35. The second-order valence-electron chi connectivity index (χ2n) is 3.34. The Kier molecular flexibility index (Phi) is 3.90. The minimum absolute atomic E-state index is 0.487. The van der Waals surface area contributed by atoms with Gasteiger partial charge in [-0.3, -0.25) is 0 Å². The van der Waals surface area contributed by atoms with Crippen molar-refractivity contribution in [1.29, 1.82) is 0 Å². The van der Waals surface area contributed by atoms with Crippen molar-refractivity contribution >= 4 is 17.4 Å². The first-order chi connectivity index (χ1) is 7.88. The SMILES string of the molecule is CNCc1nnc(NCCc2ccsc2)o1. The summed E-state index contributed by atoms with van der Waals surface area (Å²) in [6.45, 7) is 1.40. The van der Waals surface area contributed by atoms with Crippen molar-refractivity contribution in [2.45, 2.75) is 13.0 Å². The molecule has 6 heteroatoms. The number of hydrogen-bond donors (Lipinski definition) is 2. The van der Waals surface area contributed by atoms with Gasteiger partial charge in [0.1, 0.15) is 0 Å². The van der Waals surface area contributed by atoms with Gasteiger partial charge in [0.05, 0.1) is 6.54 Å². The van der Waals surface area contributed by atoms with Gasteiger partial charge in [0.15, 0.2) is 0 Å². The first kappa shape index (κ1) is 11.1. The fraction of sp³-hybridized carbons (Fsp3) is 0.400. The van der Waals surface area contributed by atoms with Crippen LogP contribution in [0.25, 0.3) is 0 Å². The number of nitrogens with zero attached hydrogens (tertiary/aromatic N) is 2. The van der Waals surface area contributed by atoms with Gasteiger partial charge in [0.2, 0.25) is 5.89 Å². The van der Waals surface area contributed by atoms with Gasteiger partial charge in [-0.1, -0.05) is 5.10 Å². The van der Waals surface area contributed by atoms with Gasteiger partial charge < -0.3 is 15.1 Å². The minimum atomic E-state index is 0.487. The summed E-state index contributed by atoms with van der Waals surface area (Å²) in [6.07, 6.45) is 0.966. The number of nitrogens with one attached hydrogen (secondary N) is 2. The fourth-order valence-corrected chi connectivity index (χ4v) is 2.00. The molecule has 5 nitrogen and oxygen atoms in total. The predicted octanol–water partition coefficient (Wildman–Crippen LogP) is 1.51. The van der Waals surface area contributed by atoms with Gasteiger partial charge in [-0.15, -0.1) is 5.10 Å². The third-order valence-corrected chi connectivity index (χ3v) is 2.80. The van der Waals surface area contributed by atoms with Crippen LogP contribution in [0.2, 0.25) is 0 Å². The quantitative estimate of drug-likeness (QED) is 0.798. The molecule has 0 atom stereocenters. The topological polar surface area (TPSA) is 63.0 Å². The third kappa shape index (κ3) is 3.04. The third-order valence-electron chi connectivity index (χ3n) is 2.06. The summed E-state index contributed by atoms with van der Waals surface area (Å²) in [5.74, 6) is 0.598. The lowest BCUT2D eigenvalue weighted by Crippen LogP contribution is -2.05. The average molecular weight is 238 g/mol. The first-order valence-corrected chi connectivity index (χ1v) is 6.04. The number of anilines is 1. The predicted molar refractivity (Wildman–Crippen MR) is 63.6 cm³/mol. The molecular weight excluding hydrogens is 224 g/mol. The highest BCUT2D eigenvalue weighted by molar-refractivity contribution is 7.07. The van der Waals surface area contributed by atoms with E-state index < -0.39 is 0 Å². The minimum Gasteiger partial charge on any atom is -0.407 e. The second kappa shape index (κ2) is 5.62. The number of hydrogen-bond acceptors (Lipinski definition) is 6. The summed E-state index contributed by atoms with van der Waals surface area (Å²) >= 11 is 1.71. The summed E-state index contributed by atoms with van der Waals surface area (Å²) in [7, 11) is 1.84. The molecule has 0 saturated heterocycles. The molecule has 2 N–H and O–H groups in total. The highest BCUT2D eigenvalue weighted by Gasteiger charge is 2.03. The molecule has 0 aliphatic carbocycles. The van der Waals surface area contributed by atoms with E-state index >= 15 is 0 Å². The van der Waals surface area contributed by atoms with E-state index in [0.717, 1.165) is 13.0 Å². The van der Waals surface area contributed by atoms with Gasteiger partial charge in [0, 0.05) is 6.54 Å². The van der Waals surface area contributed by atoms with E-state index in [4.69, 9.17) is 4.42 Å². The van der Waals surface area contributed by atoms with E-state index in [-0.39, 0.29) is 0 Å². The number of aromatic nitrogens is 2. The van der Waals surface area contributed by atoms with Crippen molar-refractivity contribution in [1.82, 2.24) is 15.5 Å². The van der Waals surface area contributed by atoms with Crippen molar-refractivity contribution in [3.05, 3.63) is 28.3 Å². The van der Waals surface area contributed by atoms with E-state index in [2.05, 4.69) is 37.7 Å². The van der Waals surface area contributed by atoms with Gasteiger partial charge in [-0.05, 0) is 35.9 Å². The molecule has 0 spiro atoms. The molecule has 0 aliphatic rings.